The molecular weight excluding hydrogens is 380 g/mol. The maximum Gasteiger partial charge on any atom is 0.338 e. The Hall–Kier alpha value is -2.73. The lowest BCUT2D eigenvalue weighted by Gasteiger charge is -2.12. The van der Waals surface area contributed by atoms with Gasteiger partial charge in [0.05, 0.1) is 22.9 Å². The van der Waals surface area contributed by atoms with E-state index in [-0.39, 0.29) is 23.8 Å². The first kappa shape index (κ1) is 21.6. The summed E-state index contributed by atoms with van der Waals surface area (Å²) in [6, 6.07) is 8.52. The highest BCUT2D eigenvalue weighted by molar-refractivity contribution is 6.33. The molecule has 0 fully saturated rings. The molecule has 0 saturated carbocycles. The zero-order valence-corrected chi connectivity index (χ0v) is 17.1. The van der Waals surface area contributed by atoms with Crippen LogP contribution in [0.15, 0.2) is 30.3 Å². The summed E-state index contributed by atoms with van der Waals surface area (Å²) in [5.74, 6) is -0.148. The Labute approximate surface area is 170 Å². The number of ether oxygens (including phenoxy) is 2. The van der Waals surface area contributed by atoms with Gasteiger partial charge in [0.2, 0.25) is 0 Å². The van der Waals surface area contributed by atoms with Gasteiger partial charge in [-0.2, -0.15) is 0 Å². The number of halogens is 1. The van der Waals surface area contributed by atoms with Crippen LogP contribution >= 0.6 is 11.6 Å². The van der Waals surface area contributed by atoms with Crippen molar-refractivity contribution in [3.8, 4) is 5.75 Å². The van der Waals surface area contributed by atoms with Crippen molar-refractivity contribution in [2.75, 3.05) is 25.5 Å². The third kappa shape index (κ3) is 6.16. The van der Waals surface area contributed by atoms with E-state index in [2.05, 4.69) is 18.3 Å². The van der Waals surface area contributed by atoms with E-state index in [1.807, 2.05) is 19.9 Å². The first-order valence-electron chi connectivity index (χ1n) is 8.97. The van der Waals surface area contributed by atoms with Gasteiger partial charge >= 0.3 is 5.97 Å². The molecule has 7 heteroatoms. The summed E-state index contributed by atoms with van der Waals surface area (Å²) in [5.41, 5.74) is 9.62. The van der Waals surface area contributed by atoms with Gasteiger partial charge in [0, 0.05) is 6.54 Å². The van der Waals surface area contributed by atoms with E-state index in [4.69, 9.17) is 26.8 Å². The summed E-state index contributed by atoms with van der Waals surface area (Å²) in [6.07, 6.45) is 0.639. The Balaban J connectivity index is 1.67. The van der Waals surface area contributed by atoms with E-state index >= 15 is 0 Å². The van der Waals surface area contributed by atoms with Gasteiger partial charge in [0.15, 0.2) is 6.61 Å². The minimum atomic E-state index is -0.632. The van der Waals surface area contributed by atoms with Gasteiger partial charge in [-0.05, 0) is 68.1 Å². The van der Waals surface area contributed by atoms with Gasteiger partial charge in [-0.25, -0.2) is 4.79 Å². The molecule has 0 aliphatic carbocycles. The van der Waals surface area contributed by atoms with Gasteiger partial charge in [0.25, 0.3) is 5.91 Å². The fraction of sp³-hybridized carbons (Fsp3) is 0.333. The summed E-state index contributed by atoms with van der Waals surface area (Å²) < 4.78 is 10.8. The predicted molar refractivity (Wildman–Crippen MR) is 110 cm³/mol. The lowest BCUT2D eigenvalue weighted by atomic mass is 10.1. The number of nitrogen functional groups attached to an aromatic ring is 1. The molecule has 2 aromatic carbocycles. The molecule has 0 aromatic heterocycles. The smallest absolute Gasteiger partial charge is 0.338 e. The molecule has 0 bridgehead atoms. The van der Waals surface area contributed by atoms with Gasteiger partial charge in [-0.3, -0.25) is 4.79 Å². The molecule has 0 atom stereocenters. The van der Waals surface area contributed by atoms with Crippen molar-refractivity contribution < 1.29 is 19.1 Å². The number of benzene rings is 2. The van der Waals surface area contributed by atoms with Crippen molar-refractivity contribution in [2.24, 2.45) is 0 Å². The van der Waals surface area contributed by atoms with E-state index in [1.54, 1.807) is 0 Å². The summed E-state index contributed by atoms with van der Waals surface area (Å²) >= 11 is 5.81. The van der Waals surface area contributed by atoms with E-state index < -0.39 is 5.97 Å². The predicted octanol–water partition coefficient (Wildman–Crippen LogP) is 3.59. The molecule has 0 saturated heterocycles. The monoisotopic (exact) mass is 404 g/mol. The number of hydrogen-bond acceptors (Lipinski definition) is 5. The Morgan fingerprint density at radius 3 is 2.61 bits per heavy atom. The second-order valence-corrected chi connectivity index (χ2v) is 6.98. The number of nitrogens with one attached hydrogen (secondary N) is 1. The van der Waals surface area contributed by atoms with Crippen LogP contribution in [-0.2, 0) is 9.53 Å². The molecule has 2 rings (SSSR count). The standard InChI is InChI=1S/C21H25ClN2O4/c1-13-9-14(2)15(3)19(10-13)27-8-4-7-24-20(25)12-28-21(26)16-5-6-17(22)18(23)11-16/h5-6,9-11H,4,7-8,12,23H2,1-3H3,(H,24,25). The van der Waals surface area contributed by atoms with Gasteiger partial charge < -0.3 is 20.5 Å². The van der Waals surface area contributed by atoms with Crippen LogP contribution in [0.5, 0.6) is 5.75 Å². The van der Waals surface area contributed by atoms with Crippen LogP contribution in [0.1, 0.15) is 33.5 Å². The third-order valence-electron chi connectivity index (χ3n) is 4.23. The molecule has 0 aliphatic heterocycles. The topological polar surface area (TPSA) is 90.6 Å². The Morgan fingerprint density at radius 2 is 1.89 bits per heavy atom. The molecular formula is C21H25ClN2O4. The van der Waals surface area contributed by atoms with Crippen molar-refractivity contribution in [1.82, 2.24) is 5.32 Å². The van der Waals surface area contributed by atoms with Crippen molar-refractivity contribution in [3.05, 3.63) is 57.6 Å². The van der Waals surface area contributed by atoms with Crippen molar-refractivity contribution in [3.63, 3.8) is 0 Å². The lowest BCUT2D eigenvalue weighted by molar-refractivity contribution is -0.124. The molecule has 6 nitrogen and oxygen atoms in total. The Kier molecular flexibility index (Phi) is 7.70. The first-order chi connectivity index (χ1) is 13.3. The van der Waals surface area contributed by atoms with Crippen molar-refractivity contribution in [2.45, 2.75) is 27.2 Å². The highest BCUT2D eigenvalue weighted by atomic mass is 35.5. The van der Waals surface area contributed by atoms with Gasteiger partial charge in [0.1, 0.15) is 5.75 Å². The van der Waals surface area contributed by atoms with Crippen LogP contribution < -0.4 is 15.8 Å². The van der Waals surface area contributed by atoms with Crippen LogP contribution in [0.2, 0.25) is 5.02 Å². The molecule has 0 spiro atoms. The van der Waals surface area contributed by atoms with Crippen molar-refractivity contribution >= 4 is 29.2 Å². The molecule has 3 N–H and O–H groups in total. The number of aryl methyl sites for hydroxylation is 2. The number of hydrogen-bond donors (Lipinski definition) is 2. The summed E-state index contributed by atoms with van der Waals surface area (Å²) in [7, 11) is 0. The van der Waals surface area contributed by atoms with Crippen LogP contribution in [0.25, 0.3) is 0 Å². The molecule has 0 unspecified atom stereocenters. The third-order valence-corrected chi connectivity index (χ3v) is 4.58. The minimum Gasteiger partial charge on any atom is -0.493 e. The van der Waals surface area contributed by atoms with E-state index in [1.165, 1.54) is 23.8 Å². The maximum atomic E-state index is 11.9. The van der Waals surface area contributed by atoms with Gasteiger partial charge in [-0.15, -0.1) is 0 Å². The fourth-order valence-corrected chi connectivity index (χ4v) is 2.69. The lowest BCUT2D eigenvalue weighted by Crippen LogP contribution is -2.30. The quantitative estimate of drug-likeness (QED) is 0.398. The largest absolute Gasteiger partial charge is 0.493 e. The number of nitrogens with two attached hydrogens (primary N) is 1. The molecule has 0 heterocycles. The fourth-order valence-electron chi connectivity index (χ4n) is 2.57. The minimum absolute atomic E-state index is 0.243. The Morgan fingerprint density at radius 1 is 1.14 bits per heavy atom. The van der Waals surface area contributed by atoms with E-state index in [0.717, 1.165) is 16.9 Å². The van der Waals surface area contributed by atoms with Crippen molar-refractivity contribution in [1.29, 1.82) is 0 Å². The second-order valence-electron chi connectivity index (χ2n) is 6.57. The van der Waals surface area contributed by atoms with Crippen LogP contribution in [0.3, 0.4) is 0 Å². The summed E-state index contributed by atoms with van der Waals surface area (Å²) in [5, 5.41) is 3.05. The summed E-state index contributed by atoms with van der Waals surface area (Å²) in [6.45, 7) is 6.64. The number of esters is 1. The highest BCUT2D eigenvalue weighted by Crippen LogP contribution is 2.23. The van der Waals surface area contributed by atoms with Crippen LogP contribution in [-0.4, -0.2) is 31.6 Å². The van der Waals surface area contributed by atoms with E-state index in [0.29, 0.717) is 24.6 Å². The highest BCUT2D eigenvalue weighted by Gasteiger charge is 2.11. The number of carbonyl (C=O) groups excluding carboxylic acids is 2. The zero-order valence-electron chi connectivity index (χ0n) is 16.3. The number of amides is 1. The molecule has 0 aliphatic rings. The average molecular weight is 405 g/mol. The van der Waals surface area contributed by atoms with Crippen LogP contribution in [0.4, 0.5) is 5.69 Å². The molecule has 150 valence electrons. The molecule has 1 amide bonds. The Bertz CT molecular complexity index is 868. The number of anilines is 1. The molecule has 2 aromatic rings. The molecule has 28 heavy (non-hydrogen) atoms. The van der Waals surface area contributed by atoms with Crippen LogP contribution in [0, 0.1) is 20.8 Å². The average Bonchev–Trinajstić information content (AvgIpc) is 2.65. The second kappa shape index (κ2) is 9.99. The SMILES string of the molecule is Cc1cc(C)c(C)c(OCCCNC(=O)COC(=O)c2ccc(Cl)c(N)c2)c1. The summed E-state index contributed by atoms with van der Waals surface area (Å²) in [4.78, 5) is 23.7. The first-order valence-corrected chi connectivity index (χ1v) is 9.35. The molecule has 0 radical (unpaired) electrons. The van der Waals surface area contributed by atoms with E-state index in [9.17, 15) is 9.59 Å². The maximum absolute atomic E-state index is 11.9. The number of rotatable bonds is 8. The normalized spacial score (nSPS) is 10.4. The van der Waals surface area contributed by atoms with Gasteiger partial charge in [-0.1, -0.05) is 17.7 Å². The zero-order chi connectivity index (χ0) is 20.7. The number of carbonyl (C=O) groups is 2.